The maximum absolute atomic E-state index is 5.60. The van der Waals surface area contributed by atoms with E-state index in [0.717, 1.165) is 0 Å². The van der Waals surface area contributed by atoms with Gasteiger partial charge in [0.1, 0.15) is 8.83 Å². The molecule has 14 heavy (non-hydrogen) atoms. The predicted molar refractivity (Wildman–Crippen MR) is 70.3 cm³/mol. The van der Waals surface area contributed by atoms with Crippen molar-refractivity contribution in [1.29, 1.82) is 0 Å². The van der Waals surface area contributed by atoms with E-state index in [1.54, 1.807) is 12.2 Å². The van der Waals surface area contributed by atoms with E-state index in [1.165, 1.54) is 5.56 Å². The fourth-order valence-electron chi connectivity index (χ4n) is 0.745. The zero-order valence-electron chi connectivity index (χ0n) is 8.20. The summed E-state index contributed by atoms with van der Waals surface area (Å²) >= 11 is 5.60. The third-order valence-electron chi connectivity index (χ3n) is 1.37. The van der Waals surface area contributed by atoms with E-state index in [9.17, 15) is 0 Å². The lowest BCUT2D eigenvalue weighted by Crippen LogP contribution is -1.70. The molecule has 0 unspecified atom stereocenters. The van der Waals surface area contributed by atoms with E-state index in [-0.39, 0.29) is 0 Å². The van der Waals surface area contributed by atoms with Gasteiger partial charge in [-0.1, -0.05) is 67.4 Å². The fraction of sp³-hybridized carbons (Fsp3) is 0. The third kappa shape index (κ3) is 7.59. The molecule has 0 saturated carbocycles. The molecule has 2 heteroatoms. The van der Waals surface area contributed by atoms with E-state index < -0.39 is 8.83 Å². The summed E-state index contributed by atoms with van der Waals surface area (Å²) in [6.45, 7) is 6.72. The zero-order valence-corrected chi connectivity index (χ0v) is 10.4. The highest BCUT2D eigenvalue weighted by Gasteiger charge is 1.79. The van der Waals surface area contributed by atoms with Gasteiger partial charge in [0.2, 0.25) is 0 Å². The maximum atomic E-state index is 5.60. The molecule has 1 aromatic carbocycles. The van der Waals surface area contributed by atoms with Gasteiger partial charge in [-0.05, 0) is 5.56 Å². The molecule has 0 aliphatic heterocycles. The highest BCUT2D eigenvalue weighted by atomic mass is 35.6. The molecule has 0 saturated heterocycles. The predicted octanol–water partition coefficient (Wildman–Crippen LogP) is 3.34. The van der Waals surface area contributed by atoms with Crippen LogP contribution in [0, 0.1) is 0 Å². The Kier molecular flexibility index (Phi) is 9.28. The van der Waals surface area contributed by atoms with Crippen LogP contribution in [0.2, 0.25) is 0 Å². The van der Waals surface area contributed by atoms with Crippen molar-refractivity contribution in [3.63, 3.8) is 0 Å². The summed E-state index contributed by atoms with van der Waals surface area (Å²) in [6, 6.07) is 10.2. The molecule has 0 amide bonds. The molecular weight excluding hydrogens is 208 g/mol. The zero-order chi connectivity index (χ0) is 10.6. The largest absolute Gasteiger partial charge is 0.171 e. The quantitative estimate of drug-likeness (QED) is 0.418. The molecule has 0 radical (unpaired) electrons. The average Bonchev–Trinajstić information content (AvgIpc) is 2.28. The Labute approximate surface area is 93.1 Å². The average molecular weight is 223 g/mol. The van der Waals surface area contributed by atoms with Crippen molar-refractivity contribution in [2.45, 2.75) is 0 Å². The van der Waals surface area contributed by atoms with Crippen LogP contribution in [0.25, 0.3) is 6.08 Å². The van der Waals surface area contributed by atoms with E-state index in [1.807, 2.05) is 18.2 Å². The molecule has 0 bridgehead atoms. The molecule has 0 aromatic heterocycles. The van der Waals surface area contributed by atoms with Crippen molar-refractivity contribution < 1.29 is 0 Å². The van der Waals surface area contributed by atoms with Gasteiger partial charge in [-0.3, -0.25) is 0 Å². The monoisotopic (exact) mass is 222 g/mol. The molecule has 1 aromatic rings. The van der Waals surface area contributed by atoms with Crippen LogP contribution < -0.4 is 0 Å². The van der Waals surface area contributed by atoms with Crippen LogP contribution in [-0.4, -0.2) is 8.83 Å². The van der Waals surface area contributed by atoms with Crippen molar-refractivity contribution >= 4 is 26.0 Å². The standard InChI is InChI=1S/C8H9ClSi.C4H6/c9-10-7-6-8-4-2-1-3-5-8;1-3-4-2/h1-7H,10H2;3-4H,1-2H2. The summed E-state index contributed by atoms with van der Waals surface area (Å²) in [5.74, 6) is 0. The van der Waals surface area contributed by atoms with Crippen molar-refractivity contribution in [1.82, 2.24) is 0 Å². The van der Waals surface area contributed by atoms with Gasteiger partial charge in [0.05, 0.1) is 0 Å². The number of allylic oxidation sites excluding steroid dienone is 2. The van der Waals surface area contributed by atoms with Gasteiger partial charge >= 0.3 is 0 Å². The molecule has 0 aliphatic carbocycles. The Balaban J connectivity index is 0.000000364. The van der Waals surface area contributed by atoms with E-state index in [0.29, 0.717) is 0 Å². The Hall–Kier alpha value is -1.05. The number of hydrogen-bond acceptors (Lipinski definition) is 0. The van der Waals surface area contributed by atoms with Gasteiger partial charge in [0.25, 0.3) is 0 Å². The second-order valence-electron chi connectivity index (χ2n) is 2.44. The summed E-state index contributed by atoms with van der Waals surface area (Å²) in [7, 11) is -0.438. The SMILES string of the molecule is C=CC=C.Cl[SiH2]C=Cc1ccccc1. The van der Waals surface area contributed by atoms with Crippen LogP contribution in [0.1, 0.15) is 5.56 Å². The first-order chi connectivity index (χ1) is 6.85. The molecule has 0 spiro atoms. The Morgan fingerprint density at radius 2 is 1.64 bits per heavy atom. The number of benzene rings is 1. The first-order valence-corrected chi connectivity index (χ1v) is 7.31. The molecule has 0 atom stereocenters. The number of halogens is 1. The second-order valence-corrected chi connectivity index (χ2v) is 4.14. The van der Waals surface area contributed by atoms with Crippen LogP contribution in [0.3, 0.4) is 0 Å². The normalized spacial score (nSPS) is 9.79. The smallest absolute Gasteiger partial charge is 0.148 e. The Morgan fingerprint density at radius 1 is 1.07 bits per heavy atom. The minimum absolute atomic E-state index is 0.438. The molecule has 0 aliphatic rings. The molecule has 0 nitrogen and oxygen atoms in total. The van der Waals surface area contributed by atoms with Crippen molar-refractivity contribution in [3.05, 3.63) is 66.9 Å². The van der Waals surface area contributed by atoms with Crippen LogP contribution in [-0.2, 0) is 0 Å². The number of hydrogen-bond donors (Lipinski definition) is 0. The van der Waals surface area contributed by atoms with Crippen molar-refractivity contribution in [2.75, 3.05) is 0 Å². The summed E-state index contributed by atoms with van der Waals surface area (Å²) in [4.78, 5) is 0. The van der Waals surface area contributed by atoms with Crippen molar-refractivity contribution in [2.24, 2.45) is 0 Å². The minimum atomic E-state index is -0.438. The second kappa shape index (κ2) is 10.0. The highest BCUT2D eigenvalue weighted by Crippen LogP contribution is 1.99. The molecule has 0 heterocycles. The minimum Gasteiger partial charge on any atom is -0.171 e. The summed E-state index contributed by atoms with van der Waals surface area (Å²) in [5.41, 5.74) is 3.30. The van der Waals surface area contributed by atoms with Gasteiger partial charge < -0.3 is 0 Å². The van der Waals surface area contributed by atoms with Crippen LogP contribution >= 0.6 is 11.1 Å². The summed E-state index contributed by atoms with van der Waals surface area (Å²) in [6.07, 6.45) is 5.35. The van der Waals surface area contributed by atoms with Gasteiger partial charge in [-0.15, -0.1) is 0 Å². The van der Waals surface area contributed by atoms with Crippen molar-refractivity contribution in [3.8, 4) is 0 Å². The molecule has 1 rings (SSSR count). The highest BCUT2D eigenvalue weighted by molar-refractivity contribution is 6.96. The topological polar surface area (TPSA) is 0 Å². The fourth-order valence-corrected chi connectivity index (χ4v) is 1.37. The molecule has 0 N–H and O–H groups in total. The Morgan fingerprint density at radius 3 is 2.07 bits per heavy atom. The van der Waals surface area contributed by atoms with Crippen LogP contribution in [0.4, 0.5) is 0 Å². The van der Waals surface area contributed by atoms with Crippen LogP contribution in [0.5, 0.6) is 0 Å². The Bertz CT molecular complexity index is 272. The van der Waals surface area contributed by atoms with E-state index in [2.05, 4.69) is 37.1 Å². The van der Waals surface area contributed by atoms with E-state index in [4.69, 9.17) is 11.1 Å². The van der Waals surface area contributed by atoms with Gasteiger partial charge in [0, 0.05) is 0 Å². The lowest BCUT2D eigenvalue weighted by atomic mass is 10.2. The molecular formula is C12H15ClSi. The lowest BCUT2D eigenvalue weighted by molar-refractivity contribution is 1.66. The number of rotatable bonds is 3. The lowest BCUT2D eigenvalue weighted by Gasteiger charge is -1.87. The maximum Gasteiger partial charge on any atom is 0.148 e. The first-order valence-electron chi connectivity index (χ1n) is 4.36. The first kappa shape index (κ1) is 12.9. The molecule has 0 fully saturated rings. The summed E-state index contributed by atoms with van der Waals surface area (Å²) in [5, 5.41) is 0. The van der Waals surface area contributed by atoms with Gasteiger partial charge in [-0.25, -0.2) is 0 Å². The third-order valence-corrected chi connectivity index (χ3v) is 2.31. The van der Waals surface area contributed by atoms with Crippen LogP contribution in [0.15, 0.2) is 61.3 Å². The van der Waals surface area contributed by atoms with E-state index >= 15 is 0 Å². The van der Waals surface area contributed by atoms with Gasteiger partial charge in [-0.2, -0.15) is 11.1 Å². The summed E-state index contributed by atoms with van der Waals surface area (Å²) < 4.78 is 0. The molecule has 74 valence electrons. The van der Waals surface area contributed by atoms with Gasteiger partial charge in [0.15, 0.2) is 0 Å².